The number of allylic oxidation sites excluding steroid dienone is 5. The van der Waals surface area contributed by atoms with Crippen molar-refractivity contribution in [3.8, 4) is 11.8 Å². The molecule has 3 saturated heterocycles. The van der Waals surface area contributed by atoms with Crippen LogP contribution in [0.5, 0.6) is 0 Å². The highest BCUT2D eigenvalue weighted by Crippen LogP contribution is 2.72. The quantitative estimate of drug-likeness (QED) is 0.0167. The maximum absolute atomic E-state index is 18.2. The number of carbonyl (C=O) groups excluding carboxylic acids is 10. The van der Waals surface area contributed by atoms with Crippen molar-refractivity contribution in [3.05, 3.63) is 142 Å². The van der Waals surface area contributed by atoms with Crippen LogP contribution >= 0.6 is 0 Å². The van der Waals surface area contributed by atoms with Crippen molar-refractivity contribution in [2.45, 2.75) is 298 Å². The number of halogens is 2. The van der Waals surface area contributed by atoms with E-state index in [2.05, 4.69) is 55.3 Å². The van der Waals surface area contributed by atoms with Crippen molar-refractivity contribution in [1.29, 1.82) is 0 Å². The number of ether oxygens (including phenoxy) is 11. The van der Waals surface area contributed by atoms with Gasteiger partial charge in [0.15, 0.2) is 41.6 Å². The van der Waals surface area contributed by atoms with E-state index in [0.717, 1.165) is 23.1 Å². The second kappa shape index (κ2) is 53.0. The molecule has 5 heterocycles. The first-order valence-corrected chi connectivity index (χ1v) is 51.4. The summed E-state index contributed by atoms with van der Waals surface area (Å²) in [5, 5.41) is 109. The lowest BCUT2D eigenvalue weighted by Gasteiger charge is -2.63. The monoisotopic (exact) mass is 2060 g/mol. The number of primary amides is 1. The molecular weight excluding hydrogens is 1920 g/mol. The molecule has 24 atom stereocenters. The lowest BCUT2D eigenvalue weighted by atomic mass is 9.44. The Bertz CT molecular complexity index is 5330. The first kappa shape index (κ1) is 114. The van der Waals surface area contributed by atoms with Gasteiger partial charge in [0.25, 0.3) is 0 Å². The normalized spacial score (nSPS) is 29.0. The molecule has 15 N–H and O–H groups in total. The number of nitrogens with zero attached hydrogens (tertiary/aromatic N) is 4. The number of carbonyl (C=O) groups is 10. The molecule has 9 aliphatic rings. The fraction of sp³-hybridized carbons (Fsp3) is 0.642. The molecule has 13 rings (SSSR count). The van der Waals surface area contributed by atoms with E-state index in [1.54, 1.807) is 75.1 Å². The minimum atomic E-state index is -2.32. The molecule has 3 aromatic carbocycles. The molecular formula is C106H144F2N10O29. The van der Waals surface area contributed by atoms with Crippen LogP contribution in [0.15, 0.2) is 109 Å². The van der Waals surface area contributed by atoms with Gasteiger partial charge in [-0.05, 0) is 148 Å². The van der Waals surface area contributed by atoms with Gasteiger partial charge in [0.1, 0.15) is 91.6 Å². The zero-order valence-corrected chi connectivity index (χ0v) is 84.1. The minimum Gasteiger partial charge on any atom is -0.445 e. The van der Waals surface area contributed by atoms with Crippen LogP contribution in [0, 0.1) is 52.3 Å². The average Bonchev–Trinajstić information content (AvgIpc) is 1.52. The number of aromatic nitrogens is 3. The molecule has 5 aliphatic carbocycles. The number of aliphatic hydroxyl groups excluding tert-OH is 8. The third kappa shape index (κ3) is 27.4. The number of ketones is 4. The molecule has 39 nitrogen and oxygen atoms in total. The molecule has 1 aromatic heterocycles. The van der Waals surface area contributed by atoms with Gasteiger partial charge in [0.2, 0.25) is 23.6 Å². The summed E-state index contributed by atoms with van der Waals surface area (Å²) in [6.45, 7) is 11.9. The van der Waals surface area contributed by atoms with E-state index in [1.165, 1.54) is 4.68 Å². The van der Waals surface area contributed by atoms with Gasteiger partial charge in [0, 0.05) is 104 Å². The summed E-state index contributed by atoms with van der Waals surface area (Å²) in [5.74, 6) is -1.25. The largest absolute Gasteiger partial charge is 0.445 e. The Kier molecular flexibility index (Phi) is 41.1. The third-order valence-corrected chi connectivity index (χ3v) is 30.1. The number of nitrogens with two attached hydrogens (primary N) is 1. The summed E-state index contributed by atoms with van der Waals surface area (Å²) in [7, 11) is 0. The van der Waals surface area contributed by atoms with Crippen LogP contribution in [-0.2, 0) is 110 Å². The molecule has 4 aromatic rings. The van der Waals surface area contributed by atoms with Crippen molar-refractivity contribution in [2.24, 2.45) is 46.2 Å². The number of benzene rings is 3. The van der Waals surface area contributed by atoms with Gasteiger partial charge in [-0.2, -0.15) is 0 Å². The Balaban J connectivity index is 0.577. The van der Waals surface area contributed by atoms with Gasteiger partial charge in [-0.1, -0.05) is 138 Å². The van der Waals surface area contributed by atoms with Gasteiger partial charge in [-0.25, -0.2) is 23.1 Å². The molecule has 6 fully saturated rings. The summed E-state index contributed by atoms with van der Waals surface area (Å²) >= 11 is 0. The lowest BCUT2D eigenvalue weighted by Crippen LogP contribution is -2.71. The summed E-state index contributed by atoms with van der Waals surface area (Å²) < 4.78 is 101. The number of hydrogen-bond donors (Lipinski definition) is 14. The molecule has 147 heavy (non-hydrogen) atoms. The first-order valence-electron chi connectivity index (χ1n) is 51.4. The molecule has 3 saturated carbocycles. The number of alkyl halides is 2. The summed E-state index contributed by atoms with van der Waals surface area (Å²) in [5.41, 5.74) is 4.01. The van der Waals surface area contributed by atoms with Crippen molar-refractivity contribution in [2.75, 3.05) is 103 Å². The zero-order chi connectivity index (χ0) is 105. The number of urea groups is 1. The third-order valence-electron chi connectivity index (χ3n) is 30.1. The number of rotatable bonds is 53. The minimum absolute atomic E-state index is 0.0176. The topological polar surface area (TPSA) is 554 Å². The zero-order valence-electron chi connectivity index (χ0n) is 84.1. The highest BCUT2D eigenvalue weighted by molar-refractivity contribution is 5.99. The predicted molar refractivity (Wildman–Crippen MR) is 524 cm³/mol. The van der Waals surface area contributed by atoms with Crippen molar-refractivity contribution in [3.63, 3.8) is 0 Å². The fourth-order valence-electron chi connectivity index (χ4n) is 22.1. The molecule has 0 bridgehead atoms. The molecule has 0 radical (unpaired) electrons. The second-order valence-electron chi connectivity index (χ2n) is 40.4. The second-order valence-corrected chi connectivity index (χ2v) is 40.4. The highest BCUT2D eigenvalue weighted by atomic mass is 19.1. The maximum atomic E-state index is 18.2. The number of para-hydroxylation sites is 1. The van der Waals surface area contributed by atoms with E-state index in [1.807, 2.05) is 55.5 Å². The number of fused-ring (bicyclic) bond motifs is 10. The van der Waals surface area contributed by atoms with Gasteiger partial charge in [-0.15, -0.1) is 5.10 Å². The molecule has 806 valence electrons. The number of unbranched alkanes of at least 4 members (excludes halogenated alkanes) is 1. The smallest absolute Gasteiger partial charge is 0.407 e. The Morgan fingerprint density at radius 1 is 0.694 bits per heavy atom. The number of Topliss-reactive ketones (excluding diaryl/α,β-unsaturated/α-hetero) is 4. The van der Waals surface area contributed by atoms with E-state index in [9.17, 15) is 88.8 Å². The standard InChI is InChI=1S/C106H144F2N10O29/c1-7-19-88-145-85-54-73-74-53-76(107)75-50-63(4)37-39-103(75,5)105(74,108)83(124)55-104(73,6)106(85,147-88)84(125)56-112-102(136)142-60-64-29-33-70(34-30-64)113-97(133)68(24-17-41-111-101(109)135)52-79(123)89(62(2)3)114-98(134)67(51-72(122)38-43-138-45-47-140-49-48-139-46-44-137-42-18-25-71(121)35-36-87(127)117-57-69-23-12-11-20-65(69)31-32-66-21-13-14-26-77(66)117)22-15-16-40-110-86(126)61-141-80-28-10-8-9-27-78-90(80)115-116-118(78)99-94(131)93(130)96(82(59-120)143-99)146-100-95(132)92(129)91(128)81(58-119)144-100/h11-14,20-21,23,26,29-30,33-34,37,39,50,62,67-68,73-74,76,80-83,85,88-89,91-96,99-100,119-120,124,128-132H,4,7-10,15-19,22,24-25,27-28,35-36,38,40-49,51-61H2,1-3,5-6H3,(H,110,126)(H,112,136)(H,113,133)(H,114,134)(H3,109,111,135)/t67-,68+,73-,74-,76-,80?,81+,82+,83-,85+,88?,89-,91+,92-,93+,94+,95+,96+,99-,100+,103-,104-,105-,106+/m0/s1. The fourth-order valence-corrected chi connectivity index (χ4v) is 22.1. The Hall–Kier alpha value is -10.2. The lowest BCUT2D eigenvalue weighted by molar-refractivity contribution is -0.347. The summed E-state index contributed by atoms with van der Waals surface area (Å²) in [4.78, 5) is 140. The number of nitrogens with one attached hydrogen (secondary N) is 5. The summed E-state index contributed by atoms with van der Waals surface area (Å²) in [6, 6.07) is 19.4. The van der Waals surface area contributed by atoms with Crippen LogP contribution in [0.2, 0.25) is 0 Å². The van der Waals surface area contributed by atoms with Crippen molar-refractivity contribution < 1.29 is 150 Å². The van der Waals surface area contributed by atoms with E-state index in [4.69, 9.17) is 57.8 Å². The van der Waals surface area contributed by atoms with Crippen LogP contribution < -0.4 is 37.2 Å². The van der Waals surface area contributed by atoms with Crippen LogP contribution in [0.1, 0.15) is 215 Å². The van der Waals surface area contributed by atoms with Crippen molar-refractivity contribution in [1.82, 2.24) is 36.3 Å². The highest BCUT2D eigenvalue weighted by Gasteiger charge is 2.80. The van der Waals surface area contributed by atoms with Gasteiger partial charge in [0.05, 0.1) is 102 Å². The Morgan fingerprint density at radius 3 is 2.10 bits per heavy atom. The number of anilines is 2. The SMILES string of the molecule is C=C1C=C[C@@]2(C)C(=C1)[C@@H](F)C[C@H]1[C@@H]3C[C@H]4OC(CCC)O[C@@]4(C(=O)CNC(=O)OCc4ccc(NC(=O)[C@H](CCCNC(N)=O)CC(=O)[C@@H](NC(=O)[C@@H](CCCCNC(=O)COC5CCCCCc6c5nnn6[C@H]5O[C@H](CO)[C@@H](O[C@H]6O[C@H](CO)[C@@H](O)[C@H](O)[C@H]6O)[C@H](O)[C@H]5O)CC(=O)CCOCCOCCOCCOCCCC(=O)CCC(=O)N5Cc6ccccc6C#Cc6ccccc65)C(C)C)cc4)[C@@]3(C)C[C@H](O)[C@@]12F. The number of amides is 7. The maximum Gasteiger partial charge on any atom is 0.407 e. The van der Waals surface area contributed by atoms with E-state index < -0.39 is 218 Å². The van der Waals surface area contributed by atoms with Gasteiger partial charge >= 0.3 is 12.1 Å². The van der Waals surface area contributed by atoms with Crippen molar-refractivity contribution >= 4 is 70.3 Å². The molecule has 2 unspecified atom stereocenters. The Morgan fingerprint density at radius 2 is 1.38 bits per heavy atom. The van der Waals surface area contributed by atoms with Crippen LogP contribution in [0.3, 0.4) is 0 Å². The molecule has 7 amide bonds. The first-order chi connectivity index (χ1) is 70.6. The van der Waals surface area contributed by atoms with Crippen LogP contribution in [-0.4, -0.2) is 304 Å². The molecule has 41 heteroatoms. The predicted octanol–water partition coefficient (Wildman–Crippen LogP) is 6.44. The van der Waals surface area contributed by atoms with E-state index >= 15 is 8.78 Å². The van der Waals surface area contributed by atoms with E-state index in [0.29, 0.717) is 99.2 Å². The van der Waals surface area contributed by atoms with Crippen LogP contribution in [0.4, 0.5) is 29.7 Å². The van der Waals surface area contributed by atoms with Crippen LogP contribution in [0.25, 0.3) is 0 Å². The van der Waals surface area contributed by atoms with E-state index in [-0.39, 0.29) is 172 Å². The Labute approximate surface area is 853 Å². The summed E-state index contributed by atoms with van der Waals surface area (Å²) in [6.07, 6.45) is -13.8. The number of hydrogen-bond acceptors (Lipinski definition) is 31. The van der Waals surface area contributed by atoms with Gasteiger partial charge < -0.3 is 130 Å². The number of alkyl carbamates (subject to hydrolysis) is 1. The molecule has 4 aliphatic heterocycles. The average molecular weight is 2060 g/mol. The van der Waals surface area contributed by atoms with Gasteiger partial charge in [-0.3, -0.25) is 38.4 Å². The number of aliphatic hydroxyl groups is 8. The molecule has 0 spiro atoms.